The highest BCUT2D eigenvalue weighted by molar-refractivity contribution is 6.39. The molecule has 13 aromatic rings. The van der Waals surface area contributed by atoms with Crippen LogP contribution in [0, 0.1) is 0 Å². The van der Waals surface area contributed by atoms with Crippen LogP contribution >= 0.6 is 0 Å². The van der Waals surface area contributed by atoms with Crippen molar-refractivity contribution in [2.24, 2.45) is 0 Å². The van der Waals surface area contributed by atoms with Gasteiger partial charge in [0.15, 0.2) is 11.6 Å². The molecule has 0 N–H and O–H groups in total. The summed E-state index contributed by atoms with van der Waals surface area (Å²) in [4.78, 5) is 0. The second kappa shape index (κ2) is 9.75. The number of para-hydroxylation sites is 4. The van der Waals surface area contributed by atoms with Crippen LogP contribution < -0.4 is 0 Å². The molecular formula is C48H27N5. The average Bonchev–Trinajstić information content (AvgIpc) is 3.94. The summed E-state index contributed by atoms with van der Waals surface area (Å²) in [5, 5.41) is 24.9. The molecule has 13 rings (SSSR count). The molecule has 0 saturated heterocycles. The fourth-order valence-electron chi connectivity index (χ4n) is 9.56. The molecule has 0 atom stereocenters. The normalized spacial score (nSPS) is 12.5. The van der Waals surface area contributed by atoms with E-state index in [0.717, 1.165) is 44.5 Å². The van der Waals surface area contributed by atoms with Gasteiger partial charge >= 0.3 is 0 Å². The quantitative estimate of drug-likeness (QED) is 0.183. The van der Waals surface area contributed by atoms with Crippen molar-refractivity contribution in [2.45, 2.75) is 0 Å². The molecule has 0 bridgehead atoms. The van der Waals surface area contributed by atoms with Gasteiger partial charge in [0.2, 0.25) is 0 Å². The van der Waals surface area contributed by atoms with Crippen molar-refractivity contribution in [2.75, 3.05) is 0 Å². The summed E-state index contributed by atoms with van der Waals surface area (Å²) in [6.07, 6.45) is 0. The minimum atomic E-state index is 0.822. The maximum Gasteiger partial charge on any atom is 0.168 e. The molecule has 8 aromatic carbocycles. The van der Waals surface area contributed by atoms with Gasteiger partial charge < -0.3 is 4.40 Å². The van der Waals surface area contributed by atoms with Crippen molar-refractivity contribution in [3.8, 4) is 11.6 Å². The minimum absolute atomic E-state index is 0.822. The molecule has 0 spiro atoms. The van der Waals surface area contributed by atoms with Gasteiger partial charge in [-0.2, -0.15) is 0 Å². The van der Waals surface area contributed by atoms with E-state index in [2.05, 4.69) is 177 Å². The molecule has 244 valence electrons. The van der Waals surface area contributed by atoms with Crippen LogP contribution in [0.1, 0.15) is 0 Å². The van der Waals surface area contributed by atoms with Crippen LogP contribution in [-0.4, -0.2) is 23.7 Å². The molecular weight excluding hydrogens is 647 g/mol. The number of benzene rings is 8. The number of hydrogen-bond donors (Lipinski definition) is 0. The van der Waals surface area contributed by atoms with Crippen molar-refractivity contribution >= 4 is 103 Å². The van der Waals surface area contributed by atoms with Crippen LogP contribution in [0.25, 0.3) is 115 Å². The van der Waals surface area contributed by atoms with E-state index in [0.29, 0.717) is 0 Å². The third-order valence-corrected chi connectivity index (χ3v) is 11.6. The number of hydrogen-bond acceptors (Lipinski definition) is 2. The number of aromatic nitrogens is 5. The first-order valence-corrected chi connectivity index (χ1v) is 18.1. The van der Waals surface area contributed by atoms with Crippen molar-refractivity contribution < 1.29 is 0 Å². The van der Waals surface area contributed by atoms with E-state index in [1.807, 2.05) is 0 Å². The first-order chi connectivity index (χ1) is 26.3. The molecule has 0 saturated carbocycles. The Balaban J connectivity index is 1.22. The fraction of sp³-hybridized carbons (Fsp3) is 0. The lowest BCUT2D eigenvalue weighted by molar-refractivity contribution is 0.930. The minimum Gasteiger partial charge on any atom is -0.308 e. The monoisotopic (exact) mass is 673 g/mol. The van der Waals surface area contributed by atoms with Gasteiger partial charge in [-0.3, -0.25) is 9.13 Å². The fourth-order valence-corrected chi connectivity index (χ4v) is 9.56. The Hall–Kier alpha value is -7.24. The largest absolute Gasteiger partial charge is 0.308 e. The second-order valence-corrected chi connectivity index (χ2v) is 14.2. The summed E-state index contributed by atoms with van der Waals surface area (Å²) < 4.78 is 7.13. The summed E-state index contributed by atoms with van der Waals surface area (Å²) in [6.45, 7) is 0. The molecule has 0 aliphatic rings. The molecule has 0 fully saturated rings. The molecule has 53 heavy (non-hydrogen) atoms. The Labute approximate surface area is 301 Å². The average molecular weight is 674 g/mol. The van der Waals surface area contributed by atoms with Crippen molar-refractivity contribution in [3.05, 3.63) is 164 Å². The van der Waals surface area contributed by atoms with E-state index in [1.165, 1.54) is 70.4 Å². The van der Waals surface area contributed by atoms with Gasteiger partial charge in [0.1, 0.15) is 0 Å². The standard InChI is InChI=1S/C48H27N5/c1-2-14-29-28(13-1)25-26-41-43(29)45-44-35-20-8-12-24-40(35)53(42(44)27-36-32-17-7-9-21-37(32)51(41)46(36)45)48-34-19-4-3-18-33(34)47(49-50-48)52-38-22-10-5-15-30(38)31-16-6-11-23-39(31)52/h1-27H. The maximum absolute atomic E-state index is 5.20. The molecule has 5 nitrogen and oxygen atoms in total. The Morgan fingerprint density at radius 2 is 0.755 bits per heavy atom. The third kappa shape index (κ3) is 3.33. The molecule has 5 aromatic heterocycles. The first kappa shape index (κ1) is 27.5. The predicted molar refractivity (Wildman–Crippen MR) is 220 cm³/mol. The zero-order valence-electron chi connectivity index (χ0n) is 28.3. The molecule has 0 aliphatic carbocycles. The van der Waals surface area contributed by atoms with Crippen LogP contribution in [0.4, 0.5) is 0 Å². The topological polar surface area (TPSA) is 40.0 Å². The third-order valence-electron chi connectivity index (χ3n) is 11.6. The van der Waals surface area contributed by atoms with Crippen LogP contribution in [0.2, 0.25) is 0 Å². The highest BCUT2D eigenvalue weighted by Crippen LogP contribution is 2.48. The summed E-state index contributed by atoms with van der Waals surface area (Å²) in [7, 11) is 0. The van der Waals surface area contributed by atoms with E-state index >= 15 is 0 Å². The van der Waals surface area contributed by atoms with Gasteiger partial charge in [-0.05, 0) is 47.2 Å². The van der Waals surface area contributed by atoms with Crippen LogP contribution in [0.3, 0.4) is 0 Å². The van der Waals surface area contributed by atoms with E-state index < -0.39 is 0 Å². The molecule has 0 aliphatic heterocycles. The molecule has 0 unspecified atom stereocenters. The Morgan fingerprint density at radius 3 is 1.40 bits per heavy atom. The molecule has 0 amide bonds. The Kier molecular flexibility index (Phi) is 5.06. The van der Waals surface area contributed by atoms with Crippen molar-refractivity contribution in [3.63, 3.8) is 0 Å². The van der Waals surface area contributed by atoms with E-state index in [9.17, 15) is 0 Å². The van der Waals surface area contributed by atoms with Gasteiger partial charge in [-0.15, -0.1) is 10.2 Å². The van der Waals surface area contributed by atoms with Crippen LogP contribution in [-0.2, 0) is 0 Å². The predicted octanol–water partition coefficient (Wildman–Crippen LogP) is 12.1. The zero-order chi connectivity index (χ0) is 34.4. The lowest BCUT2D eigenvalue weighted by Gasteiger charge is -2.14. The van der Waals surface area contributed by atoms with Crippen LogP contribution in [0.5, 0.6) is 0 Å². The zero-order valence-corrected chi connectivity index (χ0v) is 28.3. The van der Waals surface area contributed by atoms with Gasteiger partial charge in [-0.25, -0.2) is 0 Å². The number of nitrogens with zero attached hydrogens (tertiary/aromatic N) is 5. The summed E-state index contributed by atoms with van der Waals surface area (Å²) >= 11 is 0. The number of fused-ring (bicyclic) bond motifs is 16. The van der Waals surface area contributed by atoms with E-state index in [-0.39, 0.29) is 0 Å². The lowest BCUT2D eigenvalue weighted by Crippen LogP contribution is -2.06. The SMILES string of the molecule is c1ccc2c(c1)ccc1c2c2c3c4ccccc4n(-c4nnc(-n5c6ccccc6c6ccccc65)c5ccccc45)c3cc3c4ccccc4n1c32. The lowest BCUT2D eigenvalue weighted by atomic mass is 9.98. The van der Waals surface area contributed by atoms with Gasteiger partial charge in [0.25, 0.3) is 0 Å². The van der Waals surface area contributed by atoms with Crippen LogP contribution in [0.15, 0.2) is 164 Å². The van der Waals surface area contributed by atoms with Crippen molar-refractivity contribution in [1.82, 2.24) is 23.7 Å². The molecule has 0 radical (unpaired) electrons. The van der Waals surface area contributed by atoms with Gasteiger partial charge in [0, 0.05) is 53.9 Å². The summed E-state index contributed by atoms with van der Waals surface area (Å²) in [5.74, 6) is 1.65. The summed E-state index contributed by atoms with van der Waals surface area (Å²) in [6, 6.07) is 59.2. The number of rotatable bonds is 2. The smallest absolute Gasteiger partial charge is 0.168 e. The van der Waals surface area contributed by atoms with E-state index in [4.69, 9.17) is 10.2 Å². The first-order valence-electron chi connectivity index (χ1n) is 18.1. The van der Waals surface area contributed by atoms with Crippen molar-refractivity contribution in [1.29, 1.82) is 0 Å². The Bertz CT molecular complexity index is 3640. The highest BCUT2D eigenvalue weighted by atomic mass is 15.3. The van der Waals surface area contributed by atoms with E-state index in [1.54, 1.807) is 0 Å². The van der Waals surface area contributed by atoms with Gasteiger partial charge in [-0.1, -0.05) is 127 Å². The maximum atomic E-state index is 5.20. The van der Waals surface area contributed by atoms with Gasteiger partial charge in [0.05, 0.1) is 38.6 Å². The molecule has 5 heterocycles. The Morgan fingerprint density at radius 1 is 0.302 bits per heavy atom. The highest BCUT2D eigenvalue weighted by Gasteiger charge is 2.26. The second-order valence-electron chi connectivity index (χ2n) is 14.2. The molecule has 5 heteroatoms. The summed E-state index contributed by atoms with van der Waals surface area (Å²) in [5.41, 5.74) is 8.19.